The third kappa shape index (κ3) is 1.69. The minimum Gasteiger partial charge on any atom is -0.365 e. The molecule has 0 saturated heterocycles. The molecule has 0 amide bonds. The monoisotopic (exact) mass is 195 g/mol. The van der Waals surface area contributed by atoms with Gasteiger partial charge in [0.1, 0.15) is 6.33 Å². The van der Waals surface area contributed by atoms with Crippen molar-refractivity contribution < 1.29 is 4.39 Å². The lowest BCUT2D eigenvalue weighted by Crippen LogP contribution is -2.34. The number of hydrogen-bond donors (Lipinski definition) is 1. The standard InChI is InChI=1S/C10H14FN3/c1-6-3-8(4-6)14-10-9(11)7(2)12-5-13-10/h5-6,8H,3-4H2,1-2H3,(H,12,13,14). The minimum absolute atomic E-state index is 0.327. The van der Waals surface area contributed by atoms with Crippen LogP contribution in [-0.2, 0) is 0 Å². The summed E-state index contributed by atoms with van der Waals surface area (Å²) in [5.74, 6) is 0.764. The van der Waals surface area contributed by atoms with Gasteiger partial charge in [-0.3, -0.25) is 0 Å². The van der Waals surface area contributed by atoms with E-state index in [9.17, 15) is 4.39 Å². The molecule has 0 bridgehead atoms. The van der Waals surface area contributed by atoms with Gasteiger partial charge in [0.25, 0.3) is 0 Å². The van der Waals surface area contributed by atoms with Crippen LogP contribution < -0.4 is 5.32 Å². The van der Waals surface area contributed by atoms with Crippen molar-refractivity contribution in [2.24, 2.45) is 5.92 Å². The van der Waals surface area contributed by atoms with E-state index in [4.69, 9.17) is 0 Å². The van der Waals surface area contributed by atoms with Crippen molar-refractivity contribution in [2.75, 3.05) is 5.32 Å². The van der Waals surface area contributed by atoms with Crippen LogP contribution in [-0.4, -0.2) is 16.0 Å². The van der Waals surface area contributed by atoms with Gasteiger partial charge in [0.15, 0.2) is 11.6 Å². The second-order valence-corrected chi connectivity index (χ2v) is 4.04. The van der Waals surface area contributed by atoms with E-state index in [2.05, 4.69) is 22.2 Å². The molecule has 1 aromatic rings. The number of anilines is 1. The van der Waals surface area contributed by atoms with E-state index in [1.54, 1.807) is 6.92 Å². The third-order valence-corrected chi connectivity index (χ3v) is 2.68. The Balaban J connectivity index is 2.06. The molecule has 1 aliphatic rings. The minimum atomic E-state index is -0.327. The highest BCUT2D eigenvalue weighted by atomic mass is 19.1. The summed E-state index contributed by atoms with van der Waals surface area (Å²) in [4.78, 5) is 7.67. The summed E-state index contributed by atoms with van der Waals surface area (Å²) in [7, 11) is 0. The van der Waals surface area contributed by atoms with Crippen molar-refractivity contribution in [1.82, 2.24) is 9.97 Å². The predicted molar refractivity (Wildman–Crippen MR) is 52.5 cm³/mol. The maximum Gasteiger partial charge on any atom is 0.186 e. The fourth-order valence-corrected chi connectivity index (χ4v) is 1.77. The number of nitrogens with one attached hydrogen (secondary N) is 1. The number of rotatable bonds is 2. The molecule has 1 N–H and O–H groups in total. The van der Waals surface area contributed by atoms with Crippen LogP contribution in [0, 0.1) is 18.7 Å². The third-order valence-electron chi connectivity index (χ3n) is 2.68. The van der Waals surface area contributed by atoms with E-state index in [-0.39, 0.29) is 5.82 Å². The molecule has 1 aliphatic carbocycles. The second-order valence-electron chi connectivity index (χ2n) is 4.04. The van der Waals surface area contributed by atoms with Gasteiger partial charge in [-0.25, -0.2) is 14.4 Å². The lowest BCUT2D eigenvalue weighted by atomic mass is 9.82. The summed E-state index contributed by atoms with van der Waals surface area (Å²) >= 11 is 0. The molecule has 0 unspecified atom stereocenters. The number of halogens is 1. The number of nitrogens with zero attached hydrogens (tertiary/aromatic N) is 2. The summed E-state index contributed by atoms with van der Waals surface area (Å²) in [6.45, 7) is 3.84. The summed E-state index contributed by atoms with van der Waals surface area (Å²) in [5.41, 5.74) is 0.398. The molecular weight excluding hydrogens is 181 g/mol. The molecule has 0 spiro atoms. The average Bonchev–Trinajstić information content (AvgIpc) is 2.10. The van der Waals surface area contributed by atoms with Crippen molar-refractivity contribution in [2.45, 2.75) is 32.7 Å². The maximum atomic E-state index is 13.4. The van der Waals surface area contributed by atoms with Crippen molar-refractivity contribution in [3.05, 3.63) is 17.8 Å². The van der Waals surface area contributed by atoms with E-state index >= 15 is 0 Å². The van der Waals surface area contributed by atoms with Crippen LogP contribution in [0.4, 0.5) is 10.2 Å². The highest BCUT2D eigenvalue weighted by molar-refractivity contribution is 5.38. The first-order valence-corrected chi connectivity index (χ1v) is 4.90. The van der Waals surface area contributed by atoms with Crippen LogP contribution in [0.3, 0.4) is 0 Å². The van der Waals surface area contributed by atoms with E-state index in [0.717, 1.165) is 18.8 Å². The summed E-state index contributed by atoms with van der Waals surface area (Å²) in [5, 5.41) is 3.09. The highest BCUT2D eigenvalue weighted by Gasteiger charge is 2.26. The van der Waals surface area contributed by atoms with Gasteiger partial charge in [-0.05, 0) is 25.7 Å². The van der Waals surface area contributed by atoms with Crippen molar-refractivity contribution in [1.29, 1.82) is 0 Å². The molecule has 0 atom stereocenters. The molecular formula is C10H14FN3. The predicted octanol–water partition coefficient (Wildman–Crippen LogP) is 2.13. The van der Waals surface area contributed by atoms with E-state index in [1.165, 1.54) is 6.33 Å². The first-order chi connectivity index (χ1) is 6.66. The Morgan fingerprint density at radius 1 is 1.43 bits per heavy atom. The maximum absolute atomic E-state index is 13.4. The van der Waals surface area contributed by atoms with Crippen LogP contribution in [0.15, 0.2) is 6.33 Å². The molecule has 1 fully saturated rings. The van der Waals surface area contributed by atoms with Gasteiger partial charge in [0, 0.05) is 6.04 Å². The largest absolute Gasteiger partial charge is 0.365 e. The molecule has 3 nitrogen and oxygen atoms in total. The van der Waals surface area contributed by atoms with Crippen LogP contribution in [0.2, 0.25) is 0 Å². The zero-order valence-electron chi connectivity index (χ0n) is 8.42. The smallest absolute Gasteiger partial charge is 0.186 e. The first-order valence-electron chi connectivity index (χ1n) is 4.90. The van der Waals surface area contributed by atoms with E-state index < -0.39 is 0 Å². The molecule has 1 aromatic heterocycles. The summed E-state index contributed by atoms with van der Waals surface area (Å²) < 4.78 is 13.4. The Bertz CT molecular complexity index is 334. The Kier molecular flexibility index (Phi) is 2.35. The molecule has 2 rings (SSSR count). The Morgan fingerprint density at radius 3 is 2.79 bits per heavy atom. The van der Waals surface area contributed by atoms with Crippen molar-refractivity contribution >= 4 is 5.82 Å². The summed E-state index contributed by atoms with van der Waals surface area (Å²) in [6, 6.07) is 0.383. The molecule has 1 heterocycles. The van der Waals surface area contributed by atoms with Crippen molar-refractivity contribution in [3.8, 4) is 0 Å². The first kappa shape index (κ1) is 9.37. The molecule has 14 heavy (non-hydrogen) atoms. The zero-order valence-corrected chi connectivity index (χ0v) is 8.42. The Labute approximate surface area is 82.8 Å². The molecule has 76 valence electrons. The normalized spacial score (nSPS) is 25.6. The van der Waals surface area contributed by atoms with Gasteiger partial charge in [0.2, 0.25) is 0 Å². The van der Waals surface area contributed by atoms with Crippen LogP contribution in [0.1, 0.15) is 25.5 Å². The number of aromatic nitrogens is 2. The molecule has 0 radical (unpaired) electrons. The highest BCUT2D eigenvalue weighted by Crippen LogP contribution is 2.29. The fraction of sp³-hybridized carbons (Fsp3) is 0.600. The Hall–Kier alpha value is -1.19. The lowest BCUT2D eigenvalue weighted by Gasteiger charge is -2.33. The number of aryl methyl sites for hydroxylation is 1. The van der Waals surface area contributed by atoms with Crippen LogP contribution in [0.25, 0.3) is 0 Å². The lowest BCUT2D eigenvalue weighted by molar-refractivity contribution is 0.307. The van der Waals surface area contributed by atoms with Crippen LogP contribution in [0.5, 0.6) is 0 Å². The van der Waals surface area contributed by atoms with E-state index in [1.807, 2.05) is 0 Å². The number of hydrogen-bond acceptors (Lipinski definition) is 3. The quantitative estimate of drug-likeness (QED) is 0.785. The van der Waals surface area contributed by atoms with Gasteiger partial charge in [-0.1, -0.05) is 6.92 Å². The molecule has 0 aliphatic heterocycles. The van der Waals surface area contributed by atoms with Gasteiger partial charge in [-0.15, -0.1) is 0 Å². The molecule has 0 aromatic carbocycles. The van der Waals surface area contributed by atoms with E-state index in [0.29, 0.717) is 17.6 Å². The molecule has 1 saturated carbocycles. The van der Waals surface area contributed by atoms with Gasteiger partial charge in [0.05, 0.1) is 5.69 Å². The summed E-state index contributed by atoms with van der Waals surface area (Å²) in [6.07, 6.45) is 3.59. The van der Waals surface area contributed by atoms with Crippen molar-refractivity contribution in [3.63, 3.8) is 0 Å². The zero-order chi connectivity index (χ0) is 10.1. The average molecular weight is 195 g/mol. The van der Waals surface area contributed by atoms with Gasteiger partial charge in [-0.2, -0.15) is 0 Å². The van der Waals surface area contributed by atoms with Gasteiger partial charge >= 0.3 is 0 Å². The van der Waals surface area contributed by atoms with Crippen LogP contribution >= 0.6 is 0 Å². The van der Waals surface area contributed by atoms with Gasteiger partial charge < -0.3 is 5.32 Å². The Morgan fingerprint density at radius 2 is 2.14 bits per heavy atom. The SMILES string of the molecule is Cc1ncnc(NC2CC(C)C2)c1F. The molecule has 4 heteroatoms. The fourth-order valence-electron chi connectivity index (χ4n) is 1.77. The second kappa shape index (κ2) is 3.52. The topological polar surface area (TPSA) is 37.8 Å².